The minimum atomic E-state index is -4.89. The highest BCUT2D eigenvalue weighted by Gasteiger charge is 2.63. The van der Waals surface area contributed by atoms with Crippen molar-refractivity contribution in [1.82, 2.24) is 24.9 Å². The van der Waals surface area contributed by atoms with Crippen molar-refractivity contribution in [2.24, 2.45) is 11.3 Å². The third kappa shape index (κ3) is 9.01. The van der Waals surface area contributed by atoms with Gasteiger partial charge >= 0.3 is 6.18 Å². The predicted octanol–water partition coefficient (Wildman–Crippen LogP) is 7.89. The number of hydrogen-bond acceptors (Lipinski definition) is 11. The number of hydrogen-bond donors (Lipinski definition) is 3. The smallest absolute Gasteiger partial charge is 0.416 e. The molecule has 64 heavy (non-hydrogen) atoms. The highest BCUT2D eigenvalue weighted by molar-refractivity contribution is 7.91. The molecule has 4 aromatic rings. The Morgan fingerprint density at radius 1 is 1.06 bits per heavy atom. The van der Waals surface area contributed by atoms with Gasteiger partial charge in [-0.2, -0.15) is 13.2 Å². The average Bonchev–Trinajstić information content (AvgIpc) is 3.99. The number of carbonyl (C=O) groups is 3. The monoisotopic (exact) mass is 928 g/mol. The Morgan fingerprint density at radius 2 is 1.77 bits per heavy atom. The molecule has 1 saturated heterocycles. The van der Waals surface area contributed by atoms with E-state index >= 15 is 0 Å². The molecule has 0 radical (unpaired) electrons. The molecule has 3 heterocycles. The van der Waals surface area contributed by atoms with Crippen LogP contribution in [0.15, 0.2) is 54.4 Å². The van der Waals surface area contributed by atoms with E-state index in [1.54, 1.807) is 46.1 Å². The van der Waals surface area contributed by atoms with Crippen LogP contribution in [0.4, 0.5) is 23.2 Å². The molecule has 7 rings (SSSR count). The molecule has 344 valence electrons. The fourth-order valence-electron chi connectivity index (χ4n) is 7.97. The number of fused-ring (bicyclic) bond motifs is 1. The largest absolute Gasteiger partial charge is 0.496 e. The Labute approximate surface area is 373 Å². The van der Waals surface area contributed by atoms with E-state index < -0.39 is 85.1 Å². The van der Waals surface area contributed by atoms with Crippen LogP contribution >= 0.6 is 11.3 Å². The predicted molar refractivity (Wildman–Crippen MR) is 235 cm³/mol. The molecule has 0 bridgehead atoms. The minimum Gasteiger partial charge on any atom is -0.496 e. The highest BCUT2D eigenvalue weighted by atomic mass is 32.2. The molecular weight excluding hydrogens is 877 g/mol. The first-order valence-corrected chi connectivity index (χ1v) is 23.2. The number of sulfonamides is 1. The molecule has 2 aromatic carbocycles. The van der Waals surface area contributed by atoms with Gasteiger partial charge in [-0.25, -0.2) is 22.8 Å². The van der Waals surface area contributed by atoms with Crippen molar-refractivity contribution in [3.8, 4) is 22.2 Å². The Balaban J connectivity index is 1.27. The zero-order valence-corrected chi connectivity index (χ0v) is 38.4. The summed E-state index contributed by atoms with van der Waals surface area (Å²) in [6, 6.07) is 4.52. The van der Waals surface area contributed by atoms with Crippen LogP contribution in [0.5, 0.6) is 11.5 Å². The molecular formula is C45H52F4N6O7S2. The summed E-state index contributed by atoms with van der Waals surface area (Å²) in [5, 5.41) is 8.76. The van der Waals surface area contributed by atoms with Crippen LogP contribution < -0.4 is 24.8 Å². The SMILES string of the molecule is C=CC1CC1(NC(=O)C1CC(Oc2cc(-c3nc(C(C)C)cs3)nc3c(C)c(OC)ccc23)CN1C(=O)C(Nc1cc(F)cc(C(F)(F)F)c1)C(C)(C)C)C(=O)NS(=O)(=O)C1(C)CC1. The number of amides is 3. The van der Waals surface area contributed by atoms with Gasteiger partial charge < -0.3 is 25.0 Å². The molecule has 3 aliphatic rings. The van der Waals surface area contributed by atoms with E-state index in [0.717, 1.165) is 17.3 Å². The van der Waals surface area contributed by atoms with Crippen molar-refractivity contribution < 1.29 is 49.8 Å². The van der Waals surface area contributed by atoms with Gasteiger partial charge in [0.15, 0.2) is 0 Å². The number of carbonyl (C=O) groups excluding carboxylic acids is 3. The van der Waals surface area contributed by atoms with Gasteiger partial charge in [-0.05, 0) is 74.8 Å². The summed E-state index contributed by atoms with van der Waals surface area (Å²) in [4.78, 5) is 54.4. The standard InChI is InChI=1S/C45H52F4N6O7S2/c1-10-25-20-44(25,41(58)54-64(59,60)43(8)13-14-43)53-38(56)33-18-29(21-55(33)40(57)37(42(5,6)7)50-28-16-26(45(47,48)49)15-27(46)17-28)62-35-19-31(39-52-32(22-63-39)23(2)3)51-36-24(4)34(61-9)12-11-30(35)36/h10-12,15-17,19,22-23,25,29,33,37,50H,1,13-14,18,20-21H2,2-9H3,(H,53,56)(H,54,58). The lowest BCUT2D eigenvalue weighted by Gasteiger charge is -2.36. The van der Waals surface area contributed by atoms with E-state index in [1.807, 2.05) is 26.2 Å². The fraction of sp³-hybridized carbons (Fsp3) is 0.489. The molecule has 2 aromatic heterocycles. The topological polar surface area (TPSA) is 169 Å². The van der Waals surface area contributed by atoms with Gasteiger partial charge in [0.1, 0.15) is 51.7 Å². The molecule has 1 aliphatic heterocycles. The van der Waals surface area contributed by atoms with Crippen LogP contribution in [0.25, 0.3) is 21.6 Å². The third-order valence-electron chi connectivity index (χ3n) is 12.4. The van der Waals surface area contributed by atoms with Crippen LogP contribution in [0.1, 0.15) is 90.0 Å². The zero-order chi connectivity index (χ0) is 46.9. The summed E-state index contributed by atoms with van der Waals surface area (Å²) in [6.07, 6.45) is -3.69. The normalized spacial score (nSPS) is 22.2. The quantitative estimate of drug-likeness (QED) is 0.0836. The van der Waals surface area contributed by atoms with Gasteiger partial charge in [-0.3, -0.25) is 19.1 Å². The van der Waals surface area contributed by atoms with Crippen LogP contribution in [-0.2, 0) is 30.6 Å². The Hall–Kier alpha value is -5.30. The van der Waals surface area contributed by atoms with Gasteiger partial charge in [0.25, 0.3) is 5.91 Å². The molecule has 2 saturated carbocycles. The number of ether oxygens (including phenoxy) is 2. The van der Waals surface area contributed by atoms with Crippen LogP contribution in [0.2, 0.25) is 0 Å². The summed E-state index contributed by atoms with van der Waals surface area (Å²) in [7, 11) is -2.56. The first kappa shape index (κ1) is 46.7. The lowest BCUT2D eigenvalue weighted by atomic mass is 9.85. The summed E-state index contributed by atoms with van der Waals surface area (Å²) >= 11 is 1.41. The van der Waals surface area contributed by atoms with E-state index in [1.165, 1.54) is 29.2 Å². The van der Waals surface area contributed by atoms with E-state index in [9.17, 15) is 40.4 Å². The second-order valence-electron chi connectivity index (χ2n) is 18.6. The van der Waals surface area contributed by atoms with Crippen molar-refractivity contribution in [2.45, 2.75) is 115 Å². The molecule has 13 nitrogen and oxygen atoms in total. The number of rotatable bonds is 14. The first-order valence-electron chi connectivity index (χ1n) is 20.9. The number of nitrogens with one attached hydrogen (secondary N) is 3. The summed E-state index contributed by atoms with van der Waals surface area (Å²) in [5.74, 6) is -3.18. The summed E-state index contributed by atoms with van der Waals surface area (Å²) in [5.41, 5.74) is -1.64. The minimum absolute atomic E-state index is 0.0397. The maximum Gasteiger partial charge on any atom is 0.416 e. The highest BCUT2D eigenvalue weighted by Crippen LogP contribution is 2.47. The third-order valence-corrected chi connectivity index (χ3v) is 15.4. The molecule has 5 unspecified atom stereocenters. The maximum atomic E-state index is 14.9. The fourth-order valence-corrected chi connectivity index (χ4v) is 10.2. The summed E-state index contributed by atoms with van der Waals surface area (Å²) < 4.78 is 95.7. The summed E-state index contributed by atoms with van der Waals surface area (Å²) in [6.45, 7) is 16.0. The number of aromatic nitrogens is 2. The number of aryl methyl sites for hydroxylation is 1. The van der Waals surface area contributed by atoms with Crippen molar-refractivity contribution >= 4 is 55.7 Å². The van der Waals surface area contributed by atoms with Gasteiger partial charge in [-0.15, -0.1) is 17.9 Å². The second kappa shape index (κ2) is 16.6. The Kier molecular flexibility index (Phi) is 12.1. The average molecular weight is 929 g/mol. The van der Waals surface area contributed by atoms with Crippen LogP contribution in [-0.4, -0.2) is 83.1 Å². The second-order valence-corrected chi connectivity index (χ2v) is 21.6. The van der Waals surface area contributed by atoms with Crippen LogP contribution in [0.3, 0.4) is 0 Å². The van der Waals surface area contributed by atoms with E-state index in [0.29, 0.717) is 58.1 Å². The van der Waals surface area contributed by atoms with Crippen molar-refractivity contribution in [3.05, 3.63) is 77.1 Å². The van der Waals surface area contributed by atoms with Crippen molar-refractivity contribution in [1.29, 1.82) is 0 Å². The maximum absolute atomic E-state index is 14.9. The lowest BCUT2D eigenvalue weighted by molar-refractivity contribution is -0.141. The number of anilines is 1. The van der Waals surface area contributed by atoms with E-state index in [4.69, 9.17) is 19.4 Å². The zero-order valence-electron chi connectivity index (χ0n) is 36.8. The van der Waals surface area contributed by atoms with E-state index in [2.05, 4.69) is 21.9 Å². The number of pyridine rings is 1. The number of methoxy groups -OCH3 is 1. The molecule has 3 amide bonds. The number of benzene rings is 2. The number of halogens is 4. The number of nitrogens with zero attached hydrogens (tertiary/aromatic N) is 3. The van der Waals surface area contributed by atoms with Crippen molar-refractivity contribution in [2.75, 3.05) is 19.0 Å². The number of alkyl halides is 3. The molecule has 5 atom stereocenters. The lowest BCUT2D eigenvalue weighted by Crippen LogP contribution is -2.59. The molecule has 19 heteroatoms. The molecule has 0 spiro atoms. The van der Waals surface area contributed by atoms with Crippen molar-refractivity contribution in [3.63, 3.8) is 0 Å². The molecule has 3 N–H and O–H groups in total. The molecule has 2 aliphatic carbocycles. The van der Waals surface area contributed by atoms with Gasteiger partial charge in [0, 0.05) is 40.4 Å². The van der Waals surface area contributed by atoms with Crippen LogP contribution in [0, 0.1) is 24.1 Å². The number of likely N-dealkylation sites (tertiary alicyclic amines) is 1. The Morgan fingerprint density at radius 3 is 2.34 bits per heavy atom. The van der Waals surface area contributed by atoms with Gasteiger partial charge in [-0.1, -0.05) is 40.7 Å². The first-order chi connectivity index (χ1) is 29.8. The molecule has 3 fully saturated rings. The van der Waals surface area contributed by atoms with Gasteiger partial charge in [0.2, 0.25) is 21.8 Å². The van der Waals surface area contributed by atoms with Gasteiger partial charge in [0.05, 0.1) is 35.2 Å². The Bertz CT molecular complexity index is 2640. The van der Waals surface area contributed by atoms with E-state index in [-0.39, 0.29) is 31.0 Å². The number of thiazole rings is 1.